The number of hydrogen-bond donors (Lipinski definition) is 0. The Morgan fingerprint density at radius 2 is 0.500 bits per heavy atom. The van der Waals surface area contributed by atoms with Gasteiger partial charge in [-0.05, 0) is 0 Å². The van der Waals surface area contributed by atoms with Gasteiger partial charge >= 0.3 is 51.4 Å². The second-order valence-electron chi connectivity index (χ2n) is 0. The quantitative estimate of drug-likeness (QED) is 0.515. The van der Waals surface area contributed by atoms with Gasteiger partial charge < -0.3 is 0 Å². The van der Waals surface area contributed by atoms with Crippen molar-refractivity contribution >= 4 is 51.4 Å². The number of hydrogen-bond acceptors (Lipinski definition) is 4. The third-order valence-electron chi connectivity index (χ3n) is 0. The molecule has 0 radical (unpaired) electrons. The number of nitrogens with zero attached hydrogens (tertiary/aromatic N) is 4. The zero-order valence-corrected chi connectivity index (χ0v) is 5.56. The van der Waals surface area contributed by atoms with Gasteiger partial charge in [0.2, 0.25) is 0 Å². The van der Waals surface area contributed by atoms with Crippen molar-refractivity contribution < 1.29 is 17.1 Å². The first-order valence-electron chi connectivity index (χ1n) is 1.03. The Morgan fingerprint density at radius 3 is 0.500 bits per heavy atom. The second kappa shape index (κ2) is 44700. The Morgan fingerprint density at radius 1 is 0.500 bits per heavy atom. The maximum atomic E-state index is 6.50. The van der Waals surface area contributed by atoms with Crippen molar-refractivity contribution in [2.45, 2.75) is 0 Å². The van der Waals surface area contributed by atoms with E-state index in [0.717, 1.165) is 0 Å². The summed E-state index contributed by atoms with van der Waals surface area (Å²) in [5.41, 5.74) is 0. The van der Waals surface area contributed by atoms with Gasteiger partial charge in [-0.25, -0.2) is 21.0 Å². The van der Waals surface area contributed by atoms with E-state index < -0.39 is 0 Å². The maximum absolute atomic E-state index is 6.50. The standard InChI is InChI=1S/4CHN.Fe.K.H/c4*1-2;;;/h4*1H;;;. The molecule has 4 nitrogen and oxygen atoms in total. The molecule has 10 heavy (non-hydrogen) atoms. The van der Waals surface area contributed by atoms with Crippen LogP contribution in [0.2, 0.25) is 0 Å². The topological polar surface area (TPSA) is 95.2 Å². The van der Waals surface area contributed by atoms with E-state index in [0.29, 0.717) is 0 Å². The van der Waals surface area contributed by atoms with E-state index in [4.69, 9.17) is 21.0 Å². The van der Waals surface area contributed by atoms with Crippen molar-refractivity contribution in [1.82, 2.24) is 0 Å². The Hall–Kier alpha value is 0.116. The van der Waals surface area contributed by atoms with Crippen LogP contribution in [0.5, 0.6) is 0 Å². The zero-order valence-electron chi connectivity index (χ0n) is 4.45. The monoisotopic (exact) mass is 204 g/mol. The minimum absolute atomic E-state index is 0. The predicted molar refractivity (Wildman–Crippen MR) is 33.8 cm³/mol. The molecule has 0 aliphatic carbocycles. The van der Waals surface area contributed by atoms with Crippen LogP contribution in [0, 0.1) is 47.3 Å². The van der Waals surface area contributed by atoms with Gasteiger partial charge in [0.1, 0.15) is 0 Å². The van der Waals surface area contributed by atoms with Crippen LogP contribution in [0.15, 0.2) is 0 Å². The van der Waals surface area contributed by atoms with Crippen LogP contribution < -0.4 is 0 Å². The molecule has 0 aromatic carbocycles. The first-order valence-corrected chi connectivity index (χ1v) is 1.03. The van der Waals surface area contributed by atoms with Crippen LogP contribution >= 0.6 is 0 Å². The Bertz CT molecular complexity index is 60.2. The molecule has 0 heterocycles. The van der Waals surface area contributed by atoms with Crippen LogP contribution in [0.4, 0.5) is 0 Å². The molecule has 6 heteroatoms. The Balaban J connectivity index is -0.00000000500. The van der Waals surface area contributed by atoms with E-state index in [1.165, 1.54) is 0 Å². The van der Waals surface area contributed by atoms with Gasteiger partial charge in [-0.3, -0.25) is 0 Å². The van der Waals surface area contributed by atoms with E-state index in [2.05, 4.69) is 26.3 Å². The minimum atomic E-state index is 0. The summed E-state index contributed by atoms with van der Waals surface area (Å²) in [4.78, 5) is 0. The number of rotatable bonds is 0. The van der Waals surface area contributed by atoms with E-state index in [-0.39, 0.29) is 68.5 Å². The normalized spacial score (nSPS) is 0.800. The number of nitriles is 4. The van der Waals surface area contributed by atoms with E-state index in [1.54, 1.807) is 0 Å². The van der Waals surface area contributed by atoms with Crippen molar-refractivity contribution in [3.05, 3.63) is 0 Å². The van der Waals surface area contributed by atoms with Gasteiger partial charge in [0.25, 0.3) is 0 Å². The van der Waals surface area contributed by atoms with Gasteiger partial charge in [0.05, 0.1) is 0 Å². The van der Waals surface area contributed by atoms with Crippen molar-refractivity contribution in [1.29, 1.82) is 21.0 Å². The summed E-state index contributed by atoms with van der Waals surface area (Å²) in [6.07, 6.45) is 0. The molecule has 0 unspecified atom stereocenters. The summed E-state index contributed by atoms with van der Waals surface area (Å²) in [7, 11) is 0. The molecular formula is C4H5FeKN4. The predicted octanol–water partition coefficient (Wildman–Crippen LogP) is -0.0919. The molecule has 0 saturated carbocycles. The molecule has 0 amide bonds. The van der Waals surface area contributed by atoms with Crippen molar-refractivity contribution in [3.63, 3.8) is 0 Å². The molecule has 50 valence electrons. The average molecular weight is 204 g/mol. The van der Waals surface area contributed by atoms with Crippen LogP contribution in [0.3, 0.4) is 0 Å². The van der Waals surface area contributed by atoms with Crippen LogP contribution in [-0.2, 0) is 17.1 Å². The molecule has 0 aliphatic rings. The van der Waals surface area contributed by atoms with E-state index >= 15 is 0 Å². The Labute approximate surface area is 114 Å². The van der Waals surface area contributed by atoms with Crippen LogP contribution in [0.1, 0.15) is 0 Å². The summed E-state index contributed by atoms with van der Waals surface area (Å²) in [6.45, 7) is 14.0. The second-order valence-corrected chi connectivity index (χ2v) is 0. The van der Waals surface area contributed by atoms with Crippen molar-refractivity contribution in [2.24, 2.45) is 0 Å². The van der Waals surface area contributed by atoms with Crippen LogP contribution in [-0.4, -0.2) is 51.4 Å². The molecule has 0 bridgehead atoms. The molecule has 0 N–H and O–H groups in total. The summed E-state index contributed by atoms with van der Waals surface area (Å²) in [5, 5.41) is 26.0. The first kappa shape index (κ1) is 49.6. The molecular weight excluding hydrogens is 199 g/mol. The molecule has 0 aliphatic heterocycles. The van der Waals surface area contributed by atoms with Gasteiger partial charge in [-0.2, -0.15) is 0 Å². The summed E-state index contributed by atoms with van der Waals surface area (Å²) in [5.74, 6) is 0. The fraction of sp³-hybridized carbons (Fsp3) is 0. The van der Waals surface area contributed by atoms with Crippen molar-refractivity contribution in [2.75, 3.05) is 0 Å². The molecule has 0 atom stereocenters. The zero-order chi connectivity index (χ0) is 8.00. The van der Waals surface area contributed by atoms with E-state index in [9.17, 15) is 0 Å². The SMILES string of the molecule is C#N.C#N.C#N.C#N.[Fe].[KH]. The van der Waals surface area contributed by atoms with Gasteiger partial charge in [0, 0.05) is 43.4 Å². The fourth-order valence-corrected chi connectivity index (χ4v) is 0. The molecule has 0 aromatic heterocycles. The summed E-state index contributed by atoms with van der Waals surface area (Å²) >= 11 is 0. The summed E-state index contributed by atoms with van der Waals surface area (Å²) in [6, 6.07) is 0. The Kier molecular flexibility index (Phi) is 222000. The molecule has 0 spiro atoms. The molecule has 0 fully saturated rings. The van der Waals surface area contributed by atoms with Gasteiger partial charge in [-0.15, -0.1) is 0 Å². The van der Waals surface area contributed by atoms with E-state index in [1.807, 2.05) is 0 Å². The fourth-order valence-electron chi connectivity index (χ4n) is 0. The third kappa shape index (κ3) is 30600. The molecule has 0 aromatic rings. The van der Waals surface area contributed by atoms with Gasteiger partial charge in [0.15, 0.2) is 0 Å². The molecule has 0 saturated heterocycles. The average Bonchev–Trinajstić information content (AvgIpc) is 2.03. The summed E-state index contributed by atoms with van der Waals surface area (Å²) < 4.78 is 0. The molecule has 0 rings (SSSR count). The third-order valence-corrected chi connectivity index (χ3v) is 0. The van der Waals surface area contributed by atoms with Gasteiger partial charge in [-0.1, -0.05) is 0 Å². The first-order chi connectivity index (χ1) is 4.00. The van der Waals surface area contributed by atoms with Crippen LogP contribution in [0.25, 0.3) is 0 Å². The van der Waals surface area contributed by atoms with Crippen molar-refractivity contribution in [3.8, 4) is 26.3 Å².